The number of fused-ring (bicyclic) bond motifs is 3. The van der Waals surface area contributed by atoms with Crippen LogP contribution in [0.2, 0.25) is 0 Å². The van der Waals surface area contributed by atoms with Crippen molar-refractivity contribution in [2.75, 3.05) is 0 Å². The maximum atomic E-state index is 2.32. The van der Waals surface area contributed by atoms with Crippen LogP contribution >= 0.6 is 0 Å². The van der Waals surface area contributed by atoms with Gasteiger partial charge in [-0.25, -0.2) is 0 Å². The second-order valence-corrected chi connectivity index (χ2v) is 4.82. The van der Waals surface area contributed by atoms with E-state index in [9.17, 15) is 0 Å². The Labute approximate surface area is 107 Å². The van der Waals surface area contributed by atoms with Gasteiger partial charge in [-0.15, -0.1) is 0 Å². The van der Waals surface area contributed by atoms with Crippen molar-refractivity contribution >= 4 is 5.57 Å². The first-order valence-electron chi connectivity index (χ1n) is 6.37. The maximum Gasteiger partial charge on any atom is 0.0218 e. The minimum Gasteiger partial charge on any atom is -0.0801 e. The van der Waals surface area contributed by atoms with Crippen molar-refractivity contribution in [1.82, 2.24) is 0 Å². The maximum absolute atomic E-state index is 2.32. The van der Waals surface area contributed by atoms with Gasteiger partial charge in [0.15, 0.2) is 0 Å². The van der Waals surface area contributed by atoms with Crippen molar-refractivity contribution in [3.05, 3.63) is 83.8 Å². The van der Waals surface area contributed by atoms with E-state index >= 15 is 0 Å². The molecule has 0 saturated carbocycles. The third kappa shape index (κ3) is 1.32. The third-order valence-electron chi connectivity index (χ3n) is 3.77. The molecule has 2 aliphatic carbocycles. The SMILES string of the molecule is [CH]1c2ccccc2-c2cccc(C3=CC=CC3)c21. The molecule has 0 N–H and O–H groups in total. The Hall–Kier alpha value is -2.08. The fourth-order valence-electron chi connectivity index (χ4n) is 2.91. The lowest BCUT2D eigenvalue weighted by molar-refractivity contribution is 1.40. The molecule has 0 nitrogen and oxygen atoms in total. The van der Waals surface area contributed by atoms with E-state index in [4.69, 9.17) is 0 Å². The molecule has 0 saturated heterocycles. The largest absolute Gasteiger partial charge is 0.0801 e. The van der Waals surface area contributed by atoms with Crippen LogP contribution in [0.1, 0.15) is 23.1 Å². The quantitative estimate of drug-likeness (QED) is 0.571. The van der Waals surface area contributed by atoms with Gasteiger partial charge in [-0.05, 0) is 39.8 Å². The highest BCUT2D eigenvalue weighted by Gasteiger charge is 2.21. The number of hydrogen-bond acceptors (Lipinski definition) is 0. The summed E-state index contributed by atoms with van der Waals surface area (Å²) in [5, 5.41) is 0. The van der Waals surface area contributed by atoms with Crippen LogP contribution in [0.4, 0.5) is 0 Å². The van der Waals surface area contributed by atoms with Gasteiger partial charge in [0.05, 0.1) is 0 Å². The molecule has 0 spiro atoms. The van der Waals surface area contributed by atoms with Gasteiger partial charge >= 0.3 is 0 Å². The molecular formula is C18H13. The first-order valence-corrected chi connectivity index (χ1v) is 6.37. The van der Waals surface area contributed by atoms with Crippen LogP contribution in [0.25, 0.3) is 16.7 Å². The van der Waals surface area contributed by atoms with Gasteiger partial charge in [-0.2, -0.15) is 0 Å². The highest BCUT2D eigenvalue weighted by molar-refractivity contribution is 5.87. The van der Waals surface area contributed by atoms with Crippen LogP contribution < -0.4 is 0 Å². The molecule has 0 heterocycles. The monoisotopic (exact) mass is 229 g/mol. The summed E-state index contributed by atoms with van der Waals surface area (Å²) in [6.07, 6.45) is 9.97. The van der Waals surface area contributed by atoms with Crippen LogP contribution in [0, 0.1) is 6.42 Å². The molecule has 0 atom stereocenters. The summed E-state index contributed by atoms with van der Waals surface area (Å²) in [7, 11) is 0. The molecule has 0 aliphatic heterocycles. The molecule has 85 valence electrons. The zero-order valence-electron chi connectivity index (χ0n) is 10.1. The van der Waals surface area contributed by atoms with Crippen LogP contribution in [-0.2, 0) is 0 Å². The van der Waals surface area contributed by atoms with E-state index in [0.29, 0.717) is 0 Å². The summed E-state index contributed by atoms with van der Waals surface area (Å²) < 4.78 is 0. The van der Waals surface area contributed by atoms with Crippen LogP contribution in [0.5, 0.6) is 0 Å². The van der Waals surface area contributed by atoms with E-state index < -0.39 is 0 Å². The zero-order valence-corrected chi connectivity index (χ0v) is 10.1. The van der Waals surface area contributed by atoms with Crippen molar-refractivity contribution in [2.45, 2.75) is 6.42 Å². The lowest BCUT2D eigenvalue weighted by Gasteiger charge is -2.09. The standard InChI is InChI=1S/C18H13/c1-2-7-13(6-1)15-10-5-11-17-16-9-4-3-8-14(16)12-18(15)17/h1-6,8-12H,7H2. The van der Waals surface area contributed by atoms with Gasteiger partial charge in [-0.3, -0.25) is 0 Å². The van der Waals surface area contributed by atoms with E-state index in [2.05, 4.69) is 67.1 Å². The molecule has 0 bridgehead atoms. The summed E-state index contributed by atoms with van der Waals surface area (Å²) >= 11 is 0. The molecule has 0 unspecified atom stereocenters. The number of allylic oxidation sites excluding steroid dienone is 4. The molecule has 2 aliphatic rings. The summed E-state index contributed by atoms with van der Waals surface area (Å²) in [6.45, 7) is 0. The van der Waals surface area contributed by atoms with Crippen molar-refractivity contribution in [1.29, 1.82) is 0 Å². The highest BCUT2D eigenvalue weighted by atomic mass is 14.2. The van der Waals surface area contributed by atoms with Crippen molar-refractivity contribution in [2.24, 2.45) is 0 Å². The summed E-state index contributed by atoms with van der Waals surface area (Å²) in [4.78, 5) is 0. The van der Waals surface area contributed by atoms with E-state index in [-0.39, 0.29) is 0 Å². The summed E-state index contributed by atoms with van der Waals surface area (Å²) in [6, 6.07) is 15.3. The van der Waals surface area contributed by atoms with Gasteiger partial charge < -0.3 is 0 Å². The lowest BCUT2D eigenvalue weighted by Crippen LogP contribution is -1.89. The average molecular weight is 229 g/mol. The van der Waals surface area contributed by atoms with Crippen LogP contribution in [-0.4, -0.2) is 0 Å². The van der Waals surface area contributed by atoms with Crippen molar-refractivity contribution in [3.63, 3.8) is 0 Å². The number of rotatable bonds is 1. The van der Waals surface area contributed by atoms with Crippen LogP contribution in [0.3, 0.4) is 0 Å². The minimum atomic E-state index is 1.06. The molecule has 2 aromatic rings. The zero-order chi connectivity index (χ0) is 11.9. The Balaban J connectivity index is 1.92. The second kappa shape index (κ2) is 3.71. The molecular weight excluding hydrogens is 216 g/mol. The van der Waals surface area contributed by atoms with Gasteiger partial charge in [0.25, 0.3) is 0 Å². The van der Waals surface area contributed by atoms with Crippen molar-refractivity contribution in [3.8, 4) is 11.1 Å². The number of benzene rings is 2. The first-order chi connectivity index (χ1) is 8.93. The second-order valence-electron chi connectivity index (χ2n) is 4.82. The normalized spacial score (nSPS) is 15.4. The van der Waals surface area contributed by atoms with E-state index in [1.165, 1.54) is 33.4 Å². The highest BCUT2D eigenvalue weighted by Crippen LogP contribution is 2.42. The Morgan fingerprint density at radius 1 is 0.778 bits per heavy atom. The molecule has 0 amide bonds. The predicted molar refractivity (Wildman–Crippen MR) is 76.1 cm³/mol. The molecule has 4 rings (SSSR count). The smallest absolute Gasteiger partial charge is 0.0218 e. The average Bonchev–Trinajstić information content (AvgIpc) is 3.05. The molecule has 2 aromatic carbocycles. The Kier molecular flexibility index (Phi) is 2.04. The number of hydrogen-bond donors (Lipinski definition) is 0. The van der Waals surface area contributed by atoms with Gasteiger partial charge in [0, 0.05) is 6.42 Å². The van der Waals surface area contributed by atoms with E-state index in [1.807, 2.05) is 0 Å². The Bertz CT molecular complexity index is 687. The minimum absolute atomic E-state index is 1.06. The van der Waals surface area contributed by atoms with Crippen molar-refractivity contribution < 1.29 is 0 Å². The van der Waals surface area contributed by atoms with E-state index in [1.54, 1.807) is 0 Å². The van der Waals surface area contributed by atoms with Gasteiger partial charge in [-0.1, -0.05) is 60.7 Å². The first kappa shape index (κ1) is 9.90. The molecule has 1 radical (unpaired) electrons. The lowest BCUT2D eigenvalue weighted by atomic mass is 9.95. The summed E-state index contributed by atoms with van der Waals surface area (Å²) in [5.41, 5.74) is 8.27. The fourth-order valence-corrected chi connectivity index (χ4v) is 2.91. The Morgan fingerprint density at radius 3 is 2.50 bits per heavy atom. The molecule has 18 heavy (non-hydrogen) atoms. The fraction of sp³-hybridized carbons (Fsp3) is 0.0556. The van der Waals surface area contributed by atoms with Crippen LogP contribution in [0.15, 0.2) is 60.7 Å². The molecule has 0 aromatic heterocycles. The predicted octanol–water partition coefficient (Wildman–Crippen LogP) is 4.61. The topological polar surface area (TPSA) is 0 Å². The van der Waals surface area contributed by atoms with Gasteiger partial charge in [0.1, 0.15) is 0 Å². The Morgan fingerprint density at radius 2 is 1.61 bits per heavy atom. The van der Waals surface area contributed by atoms with E-state index in [0.717, 1.165) is 6.42 Å². The molecule has 0 fully saturated rings. The third-order valence-corrected chi connectivity index (χ3v) is 3.77. The van der Waals surface area contributed by atoms with Gasteiger partial charge in [0.2, 0.25) is 0 Å². The molecule has 0 heteroatoms. The summed E-state index contributed by atoms with van der Waals surface area (Å²) in [5.74, 6) is 0.